The minimum Gasteiger partial charge on any atom is -0.380 e. The predicted molar refractivity (Wildman–Crippen MR) is 79.7 cm³/mol. The molecule has 0 unspecified atom stereocenters. The van der Waals surface area contributed by atoms with E-state index in [0.717, 1.165) is 27.8 Å². The summed E-state index contributed by atoms with van der Waals surface area (Å²) in [5.74, 6) is 0. The van der Waals surface area contributed by atoms with Crippen molar-refractivity contribution in [2.24, 2.45) is 0 Å². The summed E-state index contributed by atoms with van der Waals surface area (Å²) >= 11 is 12.1. The molecule has 94 valence electrons. The van der Waals surface area contributed by atoms with E-state index < -0.39 is 0 Å². The van der Waals surface area contributed by atoms with E-state index in [2.05, 4.69) is 18.3 Å². The van der Waals surface area contributed by atoms with Crippen molar-refractivity contribution in [1.29, 1.82) is 0 Å². The fourth-order valence-corrected chi connectivity index (χ4v) is 2.45. The van der Waals surface area contributed by atoms with E-state index in [-0.39, 0.29) is 0 Å². The monoisotopic (exact) mass is 279 g/mol. The maximum Gasteiger partial charge on any atom is 0.0642 e. The van der Waals surface area contributed by atoms with Gasteiger partial charge in [0.15, 0.2) is 0 Å². The number of anilines is 1. The second kappa shape index (κ2) is 5.64. The second-order valence-electron chi connectivity index (χ2n) is 4.42. The molecule has 0 aromatic heterocycles. The van der Waals surface area contributed by atoms with Crippen molar-refractivity contribution in [2.75, 3.05) is 5.32 Å². The van der Waals surface area contributed by atoms with Crippen LogP contribution in [-0.2, 0) is 6.54 Å². The maximum absolute atomic E-state index is 6.24. The van der Waals surface area contributed by atoms with E-state index >= 15 is 0 Å². The SMILES string of the molecule is Cc1cc(C)c(NCc2ccc(Cl)cc2)c(Cl)c1. The van der Waals surface area contributed by atoms with E-state index in [1.807, 2.05) is 37.3 Å². The normalized spacial score (nSPS) is 10.4. The smallest absolute Gasteiger partial charge is 0.0642 e. The third kappa shape index (κ3) is 3.18. The molecule has 0 aliphatic heterocycles. The summed E-state index contributed by atoms with van der Waals surface area (Å²) in [6.07, 6.45) is 0. The van der Waals surface area contributed by atoms with Gasteiger partial charge in [-0.15, -0.1) is 0 Å². The van der Waals surface area contributed by atoms with Gasteiger partial charge >= 0.3 is 0 Å². The third-order valence-corrected chi connectivity index (χ3v) is 3.36. The second-order valence-corrected chi connectivity index (χ2v) is 5.26. The molecule has 0 saturated carbocycles. The van der Waals surface area contributed by atoms with E-state index in [9.17, 15) is 0 Å². The highest BCUT2D eigenvalue weighted by molar-refractivity contribution is 6.33. The minimum absolute atomic E-state index is 0.737. The minimum atomic E-state index is 0.737. The Balaban J connectivity index is 2.13. The van der Waals surface area contributed by atoms with Crippen molar-refractivity contribution in [3.8, 4) is 0 Å². The number of aryl methyl sites for hydroxylation is 2. The van der Waals surface area contributed by atoms with Crippen molar-refractivity contribution in [1.82, 2.24) is 0 Å². The number of halogens is 2. The van der Waals surface area contributed by atoms with E-state index in [4.69, 9.17) is 23.2 Å². The lowest BCUT2D eigenvalue weighted by atomic mass is 10.1. The van der Waals surface area contributed by atoms with Gasteiger partial charge in [-0.25, -0.2) is 0 Å². The summed E-state index contributed by atoms with van der Waals surface area (Å²) in [5.41, 5.74) is 4.51. The maximum atomic E-state index is 6.24. The Bertz CT molecular complexity index is 524. The van der Waals surface area contributed by atoms with Crippen LogP contribution in [0, 0.1) is 13.8 Å². The molecule has 2 aromatic rings. The highest BCUT2D eigenvalue weighted by atomic mass is 35.5. The highest BCUT2D eigenvalue weighted by Gasteiger charge is 2.04. The van der Waals surface area contributed by atoms with Crippen LogP contribution < -0.4 is 5.32 Å². The van der Waals surface area contributed by atoms with Crippen molar-refractivity contribution in [2.45, 2.75) is 20.4 Å². The predicted octanol–water partition coefficient (Wildman–Crippen LogP) is 5.22. The molecule has 2 rings (SSSR count). The quantitative estimate of drug-likeness (QED) is 0.812. The number of hydrogen-bond acceptors (Lipinski definition) is 1. The Kier molecular flexibility index (Phi) is 4.15. The molecule has 0 heterocycles. The summed E-state index contributed by atoms with van der Waals surface area (Å²) in [7, 11) is 0. The molecule has 0 amide bonds. The van der Waals surface area contributed by atoms with Gasteiger partial charge < -0.3 is 5.32 Å². The van der Waals surface area contributed by atoms with Crippen LogP contribution in [-0.4, -0.2) is 0 Å². The first-order valence-electron chi connectivity index (χ1n) is 5.81. The Morgan fingerprint density at radius 1 is 1.00 bits per heavy atom. The molecule has 0 saturated heterocycles. The van der Waals surface area contributed by atoms with Crippen LogP contribution in [0.1, 0.15) is 16.7 Å². The average Bonchev–Trinajstić information content (AvgIpc) is 2.30. The van der Waals surface area contributed by atoms with Gasteiger partial charge in [0.25, 0.3) is 0 Å². The van der Waals surface area contributed by atoms with Gasteiger partial charge in [0.05, 0.1) is 10.7 Å². The first-order chi connectivity index (χ1) is 8.56. The molecule has 0 fully saturated rings. The molecule has 0 atom stereocenters. The summed E-state index contributed by atoms with van der Waals surface area (Å²) in [6.45, 7) is 4.84. The lowest BCUT2D eigenvalue weighted by molar-refractivity contribution is 1.14. The Labute approximate surface area is 118 Å². The van der Waals surface area contributed by atoms with Crippen molar-refractivity contribution in [3.05, 3.63) is 63.1 Å². The van der Waals surface area contributed by atoms with Gasteiger partial charge in [-0.05, 0) is 48.7 Å². The van der Waals surface area contributed by atoms with Crippen LogP contribution in [0.5, 0.6) is 0 Å². The summed E-state index contributed by atoms with van der Waals surface area (Å²) in [4.78, 5) is 0. The number of nitrogens with one attached hydrogen (secondary N) is 1. The van der Waals surface area contributed by atoms with Crippen molar-refractivity contribution in [3.63, 3.8) is 0 Å². The molecule has 1 nitrogen and oxygen atoms in total. The van der Waals surface area contributed by atoms with Gasteiger partial charge in [0, 0.05) is 11.6 Å². The zero-order valence-corrected chi connectivity index (χ0v) is 11.9. The fraction of sp³-hybridized carbons (Fsp3) is 0.200. The van der Waals surface area contributed by atoms with Crippen LogP contribution in [0.2, 0.25) is 10.0 Å². The van der Waals surface area contributed by atoms with E-state index in [1.54, 1.807) is 0 Å². The molecular weight excluding hydrogens is 265 g/mol. The molecule has 18 heavy (non-hydrogen) atoms. The zero-order valence-electron chi connectivity index (χ0n) is 10.4. The molecule has 2 aromatic carbocycles. The fourth-order valence-electron chi connectivity index (χ4n) is 1.93. The van der Waals surface area contributed by atoms with Crippen LogP contribution in [0.4, 0.5) is 5.69 Å². The van der Waals surface area contributed by atoms with Crippen molar-refractivity contribution >= 4 is 28.9 Å². The molecule has 3 heteroatoms. The van der Waals surface area contributed by atoms with Gasteiger partial charge in [-0.1, -0.05) is 41.4 Å². The van der Waals surface area contributed by atoms with Gasteiger partial charge in [0.1, 0.15) is 0 Å². The van der Waals surface area contributed by atoms with E-state index in [0.29, 0.717) is 0 Å². The molecule has 0 aliphatic rings. The number of hydrogen-bond donors (Lipinski definition) is 1. The first kappa shape index (κ1) is 13.3. The molecule has 0 spiro atoms. The van der Waals surface area contributed by atoms with Crippen molar-refractivity contribution < 1.29 is 0 Å². The summed E-state index contributed by atoms with van der Waals surface area (Å²) < 4.78 is 0. The van der Waals surface area contributed by atoms with Gasteiger partial charge in [-0.2, -0.15) is 0 Å². The van der Waals surface area contributed by atoms with Crippen LogP contribution in [0.15, 0.2) is 36.4 Å². The third-order valence-electron chi connectivity index (χ3n) is 2.81. The topological polar surface area (TPSA) is 12.0 Å². The van der Waals surface area contributed by atoms with E-state index in [1.165, 1.54) is 11.1 Å². The highest BCUT2D eigenvalue weighted by Crippen LogP contribution is 2.27. The van der Waals surface area contributed by atoms with Crippen LogP contribution >= 0.6 is 23.2 Å². The Morgan fingerprint density at radius 3 is 2.28 bits per heavy atom. The molecule has 0 aliphatic carbocycles. The zero-order chi connectivity index (χ0) is 13.1. The van der Waals surface area contributed by atoms with Crippen LogP contribution in [0.25, 0.3) is 0 Å². The molecular formula is C15H15Cl2N. The summed E-state index contributed by atoms with van der Waals surface area (Å²) in [6, 6.07) is 11.9. The molecule has 0 bridgehead atoms. The molecule has 1 N–H and O–H groups in total. The Morgan fingerprint density at radius 2 is 1.67 bits per heavy atom. The van der Waals surface area contributed by atoms with Crippen LogP contribution in [0.3, 0.4) is 0 Å². The lowest BCUT2D eigenvalue weighted by Gasteiger charge is -2.12. The number of benzene rings is 2. The average molecular weight is 280 g/mol. The summed E-state index contributed by atoms with van der Waals surface area (Å²) in [5, 5.41) is 4.89. The lowest BCUT2D eigenvalue weighted by Crippen LogP contribution is -2.02. The standard InChI is InChI=1S/C15H15Cl2N/c1-10-7-11(2)15(14(17)8-10)18-9-12-3-5-13(16)6-4-12/h3-8,18H,9H2,1-2H3. The number of rotatable bonds is 3. The Hall–Kier alpha value is -1.18. The van der Waals surface area contributed by atoms with Gasteiger partial charge in [0.2, 0.25) is 0 Å². The van der Waals surface area contributed by atoms with Gasteiger partial charge in [-0.3, -0.25) is 0 Å². The molecule has 0 radical (unpaired) electrons. The first-order valence-corrected chi connectivity index (χ1v) is 6.57. The largest absolute Gasteiger partial charge is 0.380 e.